The van der Waals surface area contributed by atoms with Gasteiger partial charge in [-0.1, -0.05) is 23.8 Å². The number of nitrogens with zero attached hydrogens (tertiary/aromatic N) is 1. The van der Waals surface area contributed by atoms with E-state index in [1.807, 2.05) is 32.0 Å². The summed E-state index contributed by atoms with van der Waals surface area (Å²) in [5.74, 6) is -0.491. The molecule has 1 fully saturated rings. The Balaban J connectivity index is 1.97. The molecule has 1 aliphatic heterocycles. The third kappa shape index (κ3) is 4.18. The number of anilines is 1. The van der Waals surface area contributed by atoms with E-state index in [4.69, 9.17) is 4.74 Å². The van der Waals surface area contributed by atoms with Crippen LogP contribution in [0.4, 0.5) is 5.69 Å². The molecule has 3 rings (SSSR count). The van der Waals surface area contributed by atoms with E-state index in [2.05, 4.69) is 4.72 Å². The minimum atomic E-state index is -3.90. The van der Waals surface area contributed by atoms with Crippen molar-refractivity contribution in [3.05, 3.63) is 53.1 Å². The van der Waals surface area contributed by atoms with Crippen LogP contribution in [0.1, 0.15) is 42.5 Å². The molecule has 0 unspecified atom stereocenters. The molecule has 154 valence electrons. The van der Waals surface area contributed by atoms with E-state index in [1.165, 1.54) is 25.3 Å². The van der Waals surface area contributed by atoms with E-state index >= 15 is 0 Å². The third-order valence-corrected chi connectivity index (χ3v) is 6.52. The third-order valence-electron chi connectivity index (χ3n) is 4.99. The summed E-state index contributed by atoms with van der Waals surface area (Å²) in [7, 11) is -2.50. The van der Waals surface area contributed by atoms with Gasteiger partial charge in [0.1, 0.15) is 5.75 Å². The highest BCUT2D eigenvalue weighted by atomic mass is 32.2. The van der Waals surface area contributed by atoms with Crippen LogP contribution < -0.4 is 14.4 Å². The molecule has 0 bridgehead atoms. The average molecular weight is 416 g/mol. The van der Waals surface area contributed by atoms with Gasteiger partial charge >= 0.3 is 0 Å². The number of rotatable bonds is 6. The van der Waals surface area contributed by atoms with Crippen molar-refractivity contribution in [1.82, 2.24) is 4.72 Å². The molecule has 2 aromatic rings. The molecule has 0 aromatic heterocycles. The molecule has 7 nitrogen and oxygen atoms in total. The van der Waals surface area contributed by atoms with E-state index < -0.39 is 16.1 Å². The van der Waals surface area contributed by atoms with Gasteiger partial charge in [-0.15, -0.1) is 0 Å². The first-order chi connectivity index (χ1) is 13.6. The Morgan fingerprint density at radius 2 is 1.69 bits per heavy atom. The van der Waals surface area contributed by atoms with Crippen molar-refractivity contribution in [3.63, 3.8) is 0 Å². The topological polar surface area (TPSA) is 92.8 Å². The molecular weight excluding hydrogens is 392 g/mol. The van der Waals surface area contributed by atoms with Crippen LogP contribution in [0.3, 0.4) is 0 Å². The largest absolute Gasteiger partial charge is 0.495 e. The van der Waals surface area contributed by atoms with Crippen LogP contribution in [-0.2, 0) is 19.6 Å². The number of ether oxygens (including phenoxy) is 1. The van der Waals surface area contributed by atoms with E-state index in [9.17, 15) is 18.0 Å². The number of methoxy groups -OCH3 is 1. The van der Waals surface area contributed by atoms with Crippen molar-refractivity contribution in [2.75, 3.05) is 12.0 Å². The first-order valence-electron chi connectivity index (χ1n) is 9.27. The zero-order chi connectivity index (χ0) is 21.3. The lowest BCUT2D eigenvalue weighted by Gasteiger charge is -2.20. The molecule has 0 spiro atoms. The number of amides is 2. The average Bonchev–Trinajstić information content (AvgIpc) is 3.00. The van der Waals surface area contributed by atoms with Gasteiger partial charge in [0, 0.05) is 18.9 Å². The van der Waals surface area contributed by atoms with E-state index in [-0.39, 0.29) is 41.0 Å². The Bertz CT molecular complexity index is 1060. The van der Waals surface area contributed by atoms with Crippen molar-refractivity contribution in [1.29, 1.82) is 0 Å². The highest BCUT2D eigenvalue weighted by Gasteiger charge is 2.33. The van der Waals surface area contributed by atoms with Gasteiger partial charge in [0.25, 0.3) is 0 Å². The fraction of sp³-hybridized carbons (Fsp3) is 0.333. The van der Waals surface area contributed by atoms with Crippen molar-refractivity contribution >= 4 is 27.5 Å². The second-order valence-electron chi connectivity index (χ2n) is 7.16. The molecule has 2 aromatic carbocycles. The first-order valence-corrected chi connectivity index (χ1v) is 10.8. The summed E-state index contributed by atoms with van der Waals surface area (Å²) in [6.45, 7) is 5.65. The summed E-state index contributed by atoms with van der Waals surface area (Å²) in [4.78, 5) is 25.2. The van der Waals surface area contributed by atoms with E-state index in [0.717, 1.165) is 21.6 Å². The zero-order valence-electron chi connectivity index (χ0n) is 16.9. The molecule has 1 aliphatic rings. The molecule has 8 heteroatoms. The lowest BCUT2D eigenvalue weighted by molar-refractivity contribution is -0.121. The minimum Gasteiger partial charge on any atom is -0.495 e. The van der Waals surface area contributed by atoms with Gasteiger partial charge in [-0.25, -0.2) is 18.0 Å². The molecule has 1 heterocycles. The Kier molecular flexibility index (Phi) is 5.77. The second-order valence-corrected chi connectivity index (χ2v) is 8.87. The Labute approximate surface area is 170 Å². The zero-order valence-corrected chi connectivity index (χ0v) is 17.7. The molecule has 0 radical (unpaired) electrons. The van der Waals surface area contributed by atoms with E-state index in [1.54, 1.807) is 6.92 Å². The Morgan fingerprint density at radius 1 is 1.03 bits per heavy atom. The number of hydrogen-bond acceptors (Lipinski definition) is 5. The van der Waals surface area contributed by atoms with Crippen molar-refractivity contribution in [2.24, 2.45) is 0 Å². The fourth-order valence-corrected chi connectivity index (χ4v) is 4.69. The predicted octanol–water partition coefficient (Wildman–Crippen LogP) is 3.00. The normalized spacial score (nSPS) is 15.7. The second kappa shape index (κ2) is 7.96. The maximum atomic E-state index is 13.0. The smallest absolute Gasteiger partial charge is 0.241 e. The van der Waals surface area contributed by atoms with Crippen LogP contribution in [-0.4, -0.2) is 27.3 Å². The van der Waals surface area contributed by atoms with Gasteiger partial charge in [0.05, 0.1) is 17.7 Å². The maximum Gasteiger partial charge on any atom is 0.241 e. The molecule has 29 heavy (non-hydrogen) atoms. The molecule has 1 saturated heterocycles. The van der Waals surface area contributed by atoms with Crippen LogP contribution in [0.25, 0.3) is 0 Å². The molecular formula is C21H24N2O5S. The number of benzene rings is 2. The summed E-state index contributed by atoms with van der Waals surface area (Å²) < 4.78 is 33.9. The quantitative estimate of drug-likeness (QED) is 0.731. The molecule has 0 saturated carbocycles. The maximum absolute atomic E-state index is 13.0. The van der Waals surface area contributed by atoms with Crippen LogP contribution in [0, 0.1) is 13.8 Å². The van der Waals surface area contributed by atoms with Gasteiger partial charge in [-0.2, -0.15) is 0 Å². The molecule has 1 N–H and O–H groups in total. The monoisotopic (exact) mass is 416 g/mol. The van der Waals surface area contributed by atoms with Gasteiger partial charge in [0.15, 0.2) is 0 Å². The van der Waals surface area contributed by atoms with Crippen molar-refractivity contribution < 1.29 is 22.7 Å². The summed E-state index contributed by atoms with van der Waals surface area (Å²) in [6.07, 6.45) is 0.196. The first kappa shape index (κ1) is 21.0. The highest BCUT2D eigenvalue weighted by molar-refractivity contribution is 7.89. The lowest BCUT2D eigenvalue weighted by atomic mass is 10.0. The minimum absolute atomic E-state index is 0.0436. The lowest BCUT2D eigenvalue weighted by Crippen LogP contribution is -2.30. The Morgan fingerprint density at radius 3 is 2.31 bits per heavy atom. The predicted molar refractivity (Wildman–Crippen MR) is 109 cm³/mol. The number of nitrogens with one attached hydrogen (secondary N) is 1. The van der Waals surface area contributed by atoms with Crippen LogP contribution in [0.5, 0.6) is 5.75 Å². The summed E-state index contributed by atoms with van der Waals surface area (Å²) in [5, 5.41) is 0. The molecule has 2 amide bonds. The summed E-state index contributed by atoms with van der Waals surface area (Å²) >= 11 is 0. The number of carbonyl (C=O) groups excluding carboxylic acids is 2. The standard InChI is InChI=1S/C21H24N2O5S/c1-13-5-6-14(2)17(11-13)15(3)22-29(26,27)16-7-8-19(28-4)18(12-16)23-20(24)9-10-21(23)25/h5-8,11-12,15,22H,9-10H2,1-4H3/t15-/m1/s1. The van der Waals surface area contributed by atoms with Crippen LogP contribution in [0.15, 0.2) is 41.3 Å². The van der Waals surface area contributed by atoms with Crippen LogP contribution in [0.2, 0.25) is 0 Å². The van der Waals surface area contributed by atoms with Gasteiger partial charge < -0.3 is 4.74 Å². The van der Waals surface area contributed by atoms with E-state index in [0.29, 0.717) is 0 Å². The van der Waals surface area contributed by atoms with Crippen LogP contribution >= 0.6 is 0 Å². The summed E-state index contributed by atoms with van der Waals surface area (Å²) in [5.41, 5.74) is 3.04. The number of aryl methyl sites for hydroxylation is 2. The fourth-order valence-electron chi connectivity index (χ4n) is 3.45. The van der Waals surface area contributed by atoms with Gasteiger partial charge in [-0.05, 0) is 50.1 Å². The SMILES string of the molecule is COc1ccc(S(=O)(=O)N[C@H](C)c2cc(C)ccc2C)cc1N1C(=O)CCC1=O. The van der Waals surface area contributed by atoms with Crippen molar-refractivity contribution in [3.8, 4) is 5.75 Å². The van der Waals surface area contributed by atoms with Crippen molar-refractivity contribution in [2.45, 2.75) is 44.6 Å². The number of hydrogen-bond donors (Lipinski definition) is 1. The molecule has 1 atom stereocenters. The highest BCUT2D eigenvalue weighted by Crippen LogP contribution is 2.34. The number of imide groups is 1. The Hall–Kier alpha value is -2.71. The number of sulfonamides is 1. The summed E-state index contributed by atoms with van der Waals surface area (Å²) in [6, 6.07) is 9.56. The van der Waals surface area contributed by atoms with Gasteiger partial charge in [-0.3, -0.25) is 9.59 Å². The number of carbonyl (C=O) groups is 2. The van der Waals surface area contributed by atoms with Gasteiger partial charge in [0.2, 0.25) is 21.8 Å². The molecule has 0 aliphatic carbocycles.